The maximum absolute atomic E-state index is 12.4. The Bertz CT molecular complexity index is 978. The maximum Gasteiger partial charge on any atom is 0.308 e. The molecule has 156 valence electrons. The molecule has 1 aliphatic carbocycles. The fourth-order valence-electron chi connectivity index (χ4n) is 4.34. The Kier molecular flexibility index (Phi) is 5.79. The molecule has 0 bridgehead atoms. The molecule has 0 radical (unpaired) electrons. The van der Waals surface area contributed by atoms with E-state index in [2.05, 4.69) is 5.32 Å². The lowest BCUT2D eigenvalue weighted by Gasteiger charge is -2.19. The van der Waals surface area contributed by atoms with E-state index in [1.165, 1.54) is 4.90 Å². The van der Waals surface area contributed by atoms with Gasteiger partial charge in [0.05, 0.1) is 18.3 Å². The lowest BCUT2D eigenvalue weighted by molar-refractivity contribution is -0.148. The molecule has 2 aliphatic rings. The van der Waals surface area contributed by atoms with Crippen LogP contribution in [-0.4, -0.2) is 41.7 Å². The van der Waals surface area contributed by atoms with E-state index in [1.54, 1.807) is 6.07 Å². The molecule has 0 spiro atoms. The zero-order chi connectivity index (χ0) is 21.1. The number of amides is 3. The summed E-state index contributed by atoms with van der Waals surface area (Å²) in [4.78, 5) is 50.1. The van der Waals surface area contributed by atoms with Crippen molar-refractivity contribution in [1.82, 2.24) is 4.90 Å². The zero-order valence-corrected chi connectivity index (χ0v) is 16.6. The van der Waals surface area contributed by atoms with E-state index < -0.39 is 18.5 Å². The number of nitrogens with zero attached hydrogens (tertiary/aromatic N) is 1. The van der Waals surface area contributed by atoms with E-state index in [-0.39, 0.29) is 36.6 Å². The minimum Gasteiger partial charge on any atom is -0.456 e. The van der Waals surface area contributed by atoms with Gasteiger partial charge < -0.3 is 10.1 Å². The first-order chi connectivity index (χ1) is 14.5. The SMILES string of the molecule is O=C(COC(=O)CCN1C(=O)[C@H]2CCCC[C@@H]2C1=O)Nc1ccc2ccccc2c1. The summed E-state index contributed by atoms with van der Waals surface area (Å²) in [5.74, 6) is -1.86. The second kappa shape index (κ2) is 8.65. The van der Waals surface area contributed by atoms with Crippen LogP contribution in [0, 0.1) is 11.8 Å². The highest BCUT2D eigenvalue weighted by Crippen LogP contribution is 2.37. The van der Waals surface area contributed by atoms with E-state index in [4.69, 9.17) is 4.74 Å². The highest BCUT2D eigenvalue weighted by molar-refractivity contribution is 6.05. The van der Waals surface area contributed by atoms with Crippen molar-refractivity contribution in [2.45, 2.75) is 32.1 Å². The average Bonchev–Trinajstić information content (AvgIpc) is 3.01. The summed E-state index contributed by atoms with van der Waals surface area (Å²) in [7, 11) is 0. The first-order valence-electron chi connectivity index (χ1n) is 10.3. The van der Waals surface area contributed by atoms with Gasteiger partial charge in [0.15, 0.2) is 6.61 Å². The van der Waals surface area contributed by atoms with Crippen molar-refractivity contribution >= 4 is 40.2 Å². The van der Waals surface area contributed by atoms with Gasteiger partial charge in [-0.3, -0.25) is 24.1 Å². The summed E-state index contributed by atoms with van der Waals surface area (Å²) in [5, 5.41) is 4.76. The summed E-state index contributed by atoms with van der Waals surface area (Å²) in [6.07, 6.45) is 3.29. The summed E-state index contributed by atoms with van der Waals surface area (Å²) >= 11 is 0. The number of anilines is 1. The summed E-state index contributed by atoms with van der Waals surface area (Å²) in [6.45, 7) is -0.408. The molecule has 2 atom stereocenters. The number of hydrogen-bond donors (Lipinski definition) is 1. The monoisotopic (exact) mass is 408 g/mol. The smallest absolute Gasteiger partial charge is 0.308 e. The number of carbonyl (C=O) groups excluding carboxylic acids is 4. The molecule has 2 aromatic rings. The summed E-state index contributed by atoms with van der Waals surface area (Å²) in [5.41, 5.74) is 0.616. The molecule has 1 aliphatic heterocycles. The van der Waals surface area contributed by atoms with Crippen molar-refractivity contribution in [2.24, 2.45) is 11.8 Å². The Balaban J connectivity index is 1.24. The summed E-state index contributed by atoms with van der Waals surface area (Å²) < 4.78 is 5.01. The van der Waals surface area contributed by atoms with Gasteiger partial charge >= 0.3 is 5.97 Å². The topological polar surface area (TPSA) is 92.8 Å². The van der Waals surface area contributed by atoms with Crippen LogP contribution in [0.4, 0.5) is 5.69 Å². The van der Waals surface area contributed by atoms with Crippen molar-refractivity contribution < 1.29 is 23.9 Å². The third-order valence-electron chi connectivity index (χ3n) is 5.87. The van der Waals surface area contributed by atoms with Crippen LogP contribution in [0.25, 0.3) is 10.8 Å². The number of nitrogens with one attached hydrogen (secondary N) is 1. The normalized spacial score (nSPS) is 20.9. The molecule has 4 rings (SSSR count). The Morgan fingerprint density at radius 1 is 0.967 bits per heavy atom. The van der Waals surface area contributed by atoms with Crippen LogP contribution in [-0.2, 0) is 23.9 Å². The number of rotatable bonds is 6. The van der Waals surface area contributed by atoms with Crippen LogP contribution in [0.5, 0.6) is 0 Å². The van der Waals surface area contributed by atoms with E-state index in [0.717, 1.165) is 36.5 Å². The highest BCUT2D eigenvalue weighted by Gasteiger charge is 2.47. The van der Waals surface area contributed by atoms with Gasteiger partial charge in [0, 0.05) is 12.2 Å². The van der Waals surface area contributed by atoms with Gasteiger partial charge in [-0.2, -0.15) is 0 Å². The van der Waals surface area contributed by atoms with Gasteiger partial charge in [0.2, 0.25) is 11.8 Å². The number of carbonyl (C=O) groups is 4. The molecule has 30 heavy (non-hydrogen) atoms. The molecular formula is C23H24N2O5. The molecule has 1 saturated carbocycles. The van der Waals surface area contributed by atoms with Crippen molar-refractivity contribution in [3.05, 3.63) is 42.5 Å². The van der Waals surface area contributed by atoms with E-state index >= 15 is 0 Å². The quantitative estimate of drug-likeness (QED) is 0.586. The van der Waals surface area contributed by atoms with Crippen molar-refractivity contribution in [1.29, 1.82) is 0 Å². The number of likely N-dealkylation sites (tertiary alicyclic amines) is 1. The molecule has 7 nitrogen and oxygen atoms in total. The van der Waals surface area contributed by atoms with E-state index in [1.807, 2.05) is 36.4 Å². The number of imide groups is 1. The minimum atomic E-state index is -0.612. The van der Waals surface area contributed by atoms with Crippen molar-refractivity contribution in [3.8, 4) is 0 Å². The Morgan fingerprint density at radius 2 is 1.63 bits per heavy atom. The number of benzene rings is 2. The third kappa shape index (κ3) is 4.20. The number of ether oxygens (including phenoxy) is 1. The first-order valence-corrected chi connectivity index (χ1v) is 10.3. The highest BCUT2D eigenvalue weighted by atomic mass is 16.5. The molecule has 7 heteroatoms. The molecule has 1 N–H and O–H groups in total. The van der Waals surface area contributed by atoms with Gasteiger partial charge in [0.25, 0.3) is 5.91 Å². The van der Waals surface area contributed by atoms with Crippen molar-refractivity contribution in [2.75, 3.05) is 18.5 Å². The lowest BCUT2D eigenvalue weighted by atomic mass is 9.81. The molecule has 0 aromatic heterocycles. The fraction of sp³-hybridized carbons (Fsp3) is 0.391. The lowest BCUT2D eigenvalue weighted by Crippen LogP contribution is -2.33. The fourth-order valence-corrected chi connectivity index (χ4v) is 4.34. The van der Waals surface area contributed by atoms with Gasteiger partial charge in [-0.15, -0.1) is 0 Å². The van der Waals surface area contributed by atoms with Crippen molar-refractivity contribution in [3.63, 3.8) is 0 Å². The molecule has 2 fully saturated rings. The Labute approximate surface area is 174 Å². The van der Waals surface area contributed by atoms with Crippen LogP contribution >= 0.6 is 0 Å². The minimum absolute atomic E-state index is 0.00972. The maximum atomic E-state index is 12.4. The number of hydrogen-bond acceptors (Lipinski definition) is 5. The Morgan fingerprint density at radius 3 is 2.33 bits per heavy atom. The second-order valence-electron chi connectivity index (χ2n) is 7.85. The van der Waals surface area contributed by atoms with E-state index in [9.17, 15) is 19.2 Å². The molecular weight excluding hydrogens is 384 g/mol. The number of esters is 1. The molecule has 3 amide bonds. The first kappa shape index (κ1) is 20.1. The molecule has 0 unspecified atom stereocenters. The van der Waals surface area contributed by atoms with Gasteiger partial charge in [-0.05, 0) is 35.7 Å². The average molecular weight is 408 g/mol. The van der Waals surface area contributed by atoms with E-state index in [0.29, 0.717) is 5.69 Å². The van der Waals surface area contributed by atoms with Gasteiger partial charge in [-0.25, -0.2) is 0 Å². The molecule has 1 saturated heterocycles. The second-order valence-corrected chi connectivity index (χ2v) is 7.85. The third-order valence-corrected chi connectivity index (χ3v) is 5.87. The van der Waals surface area contributed by atoms with Gasteiger partial charge in [-0.1, -0.05) is 43.2 Å². The van der Waals surface area contributed by atoms with Crippen LogP contribution in [0.15, 0.2) is 42.5 Å². The Hall–Kier alpha value is -3.22. The van der Waals surface area contributed by atoms with Crippen LogP contribution in [0.3, 0.4) is 0 Å². The molecule has 2 aromatic carbocycles. The van der Waals surface area contributed by atoms with Gasteiger partial charge in [0.1, 0.15) is 0 Å². The number of fused-ring (bicyclic) bond motifs is 2. The van der Waals surface area contributed by atoms with Crippen LogP contribution in [0.2, 0.25) is 0 Å². The molecule has 1 heterocycles. The zero-order valence-electron chi connectivity index (χ0n) is 16.6. The summed E-state index contributed by atoms with van der Waals surface area (Å²) in [6, 6.07) is 13.3. The van der Waals surface area contributed by atoms with Crippen LogP contribution < -0.4 is 5.32 Å². The predicted molar refractivity (Wildman–Crippen MR) is 110 cm³/mol. The predicted octanol–water partition coefficient (Wildman–Crippen LogP) is 2.89. The largest absolute Gasteiger partial charge is 0.456 e. The van der Waals surface area contributed by atoms with Crippen LogP contribution in [0.1, 0.15) is 32.1 Å². The standard InChI is InChI=1S/C23H24N2O5/c26-20(24-17-10-9-15-5-1-2-6-16(15)13-17)14-30-21(27)11-12-25-22(28)18-7-3-4-8-19(18)23(25)29/h1-2,5-6,9-10,13,18-19H,3-4,7-8,11-12,14H2,(H,24,26)/t18-,19-/m0/s1.